The van der Waals surface area contributed by atoms with Crippen LogP contribution in [0.25, 0.3) is 0 Å². The number of nitrogens with zero attached hydrogens (tertiary/aromatic N) is 3. The van der Waals surface area contributed by atoms with Crippen LogP contribution in [0.1, 0.15) is 12.7 Å². The average Bonchev–Trinajstić information content (AvgIpc) is 2.70. The van der Waals surface area contributed by atoms with Gasteiger partial charge in [0.15, 0.2) is 0 Å². The van der Waals surface area contributed by atoms with Crippen LogP contribution in [0.15, 0.2) is 12.4 Å². The van der Waals surface area contributed by atoms with Crippen molar-refractivity contribution in [3.05, 3.63) is 18.2 Å². The van der Waals surface area contributed by atoms with Gasteiger partial charge < -0.3 is 14.6 Å². The van der Waals surface area contributed by atoms with Crippen molar-refractivity contribution in [3.8, 4) is 0 Å². The van der Waals surface area contributed by atoms with Crippen LogP contribution in [0.3, 0.4) is 0 Å². The summed E-state index contributed by atoms with van der Waals surface area (Å²) in [5, 5.41) is 3.37. The number of likely N-dealkylation sites (N-methyl/N-ethyl adjacent to an activating group) is 1. The second-order valence-electron chi connectivity index (χ2n) is 4.42. The molecule has 17 heavy (non-hydrogen) atoms. The van der Waals surface area contributed by atoms with Crippen molar-refractivity contribution < 1.29 is 4.74 Å². The summed E-state index contributed by atoms with van der Waals surface area (Å²) in [5.41, 5.74) is 0. The first-order chi connectivity index (χ1) is 8.15. The molecule has 1 atom stereocenters. The Labute approximate surface area is 104 Å². The molecule has 0 amide bonds. The van der Waals surface area contributed by atoms with Gasteiger partial charge in [0, 0.05) is 45.7 Å². The Morgan fingerprint density at radius 1 is 1.59 bits per heavy atom. The van der Waals surface area contributed by atoms with E-state index in [-0.39, 0.29) is 0 Å². The van der Waals surface area contributed by atoms with Crippen molar-refractivity contribution in [1.29, 1.82) is 0 Å². The molecular weight excluding hydrogens is 216 g/mol. The van der Waals surface area contributed by atoms with Crippen LogP contribution in [-0.4, -0.2) is 54.3 Å². The molecule has 0 saturated heterocycles. The summed E-state index contributed by atoms with van der Waals surface area (Å²) < 4.78 is 7.05. The number of hydrogen-bond acceptors (Lipinski definition) is 4. The van der Waals surface area contributed by atoms with E-state index < -0.39 is 0 Å². The molecule has 0 aliphatic carbocycles. The first-order valence-electron chi connectivity index (χ1n) is 6.01. The van der Waals surface area contributed by atoms with Gasteiger partial charge in [-0.15, -0.1) is 0 Å². The van der Waals surface area contributed by atoms with E-state index in [9.17, 15) is 0 Å². The van der Waals surface area contributed by atoms with Crippen LogP contribution < -0.4 is 5.32 Å². The lowest BCUT2D eigenvalue weighted by Gasteiger charge is -2.24. The van der Waals surface area contributed by atoms with E-state index in [2.05, 4.69) is 33.7 Å². The number of hydrogen-bond donors (Lipinski definition) is 1. The number of aromatic nitrogens is 2. The molecule has 1 aromatic rings. The quantitative estimate of drug-likeness (QED) is 0.671. The number of aryl methyl sites for hydroxylation is 1. The van der Waals surface area contributed by atoms with Gasteiger partial charge in [0.25, 0.3) is 0 Å². The molecular formula is C12H24N4O. The van der Waals surface area contributed by atoms with Crippen LogP contribution in [0.2, 0.25) is 0 Å². The van der Waals surface area contributed by atoms with Gasteiger partial charge in [-0.2, -0.15) is 0 Å². The van der Waals surface area contributed by atoms with Crippen molar-refractivity contribution in [2.24, 2.45) is 7.05 Å². The molecule has 1 aromatic heterocycles. The van der Waals surface area contributed by atoms with E-state index in [0.29, 0.717) is 6.04 Å². The van der Waals surface area contributed by atoms with Crippen LogP contribution in [-0.2, 0) is 18.3 Å². The highest BCUT2D eigenvalue weighted by atomic mass is 16.5. The second-order valence-corrected chi connectivity index (χ2v) is 4.42. The summed E-state index contributed by atoms with van der Waals surface area (Å²) in [6.07, 6.45) is 3.81. The zero-order valence-electron chi connectivity index (χ0n) is 11.3. The lowest BCUT2D eigenvalue weighted by molar-refractivity contribution is 0.190. The Hall–Kier alpha value is -0.910. The molecule has 1 N–H and O–H groups in total. The standard InChI is InChI=1S/C12H24N4O/c1-11(9-13-6-8-17-4)16(3)10-12-14-5-7-15(12)2/h5,7,11,13H,6,8-10H2,1-4H3. The van der Waals surface area contributed by atoms with Crippen molar-refractivity contribution in [2.45, 2.75) is 19.5 Å². The number of ether oxygens (including phenoxy) is 1. The number of rotatable bonds is 8. The fourth-order valence-corrected chi connectivity index (χ4v) is 1.57. The molecule has 0 aliphatic rings. The molecule has 5 heteroatoms. The minimum absolute atomic E-state index is 0.476. The Morgan fingerprint density at radius 3 is 2.94 bits per heavy atom. The molecule has 0 bridgehead atoms. The molecule has 1 unspecified atom stereocenters. The highest BCUT2D eigenvalue weighted by Crippen LogP contribution is 2.02. The van der Waals surface area contributed by atoms with Crippen LogP contribution in [0, 0.1) is 0 Å². The molecule has 5 nitrogen and oxygen atoms in total. The van der Waals surface area contributed by atoms with Gasteiger partial charge in [0.1, 0.15) is 5.82 Å². The van der Waals surface area contributed by atoms with Crippen molar-refractivity contribution in [1.82, 2.24) is 19.8 Å². The molecule has 0 radical (unpaired) electrons. The molecule has 1 heterocycles. The molecule has 0 spiro atoms. The number of imidazole rings is 1. The smallest absolute Gasteiger partial charge is 0.122 e. The first kappa shape index (κ1) is 14.2. The van der Waals surface area contributed by atoms with Gasteiger partial charge >= 0.3 is 0 Å². The monoisotopic (exact) mass is 240 g/mol. The Kier molecular flexibility index (Phi) is 6.18. The fourth-order valence-electron chi connectivity index (χ4n) is 1.57. The van der Waals surface area contributed by atoms with E-state index in [0.717, 1.165) is 32.1 Å². The minimum Gasteiger partial charge on any atom is -0.383 e. The van der Waals surface area contributed by atoms with E-state index in [1.807, 2.05) is 19.4 Å². The van der Waals surface area contributed by atoms with E-state index in [1.165, 1.54) is 0 Å². The van der Waals surface area contributed by atoms with Crippen molar-refractivity contribution in [2.75, 3.05) is 33.9 Å². The van der Waals surface area contributed by atoms with E-state index >= 15 is 0 Å². The van der Waals surface area contributed by atoms with Crippen molar-refractivity contribution in [3.63, 3.8) is 0 Å². The highest BCUT2D eigenvalue weighted by molar-refractivity contribution is 4.91. The number of nitrogens with one attached hydrogen (secondary N) is 1. The summed E-state index contributed by atoms with van der Waals surface area (Å²) in [6.45, 7) is 5.70. The Balaban J connectivity index is 2.27. The molecule has 0 aromatic carbocycles. The molecule has 0 aliphatic heterocycles. The van der Waals surface area contributed by atoms with E-state index in [4.69, 9.17) is 4.74 Å². The summed E-state index contributed by atoms with van der Waals surface area (Å²) in [6, 6.07) is 0.476. The third-order valence-corrected chi connectivity index (χ3v) is 2.99. The van der Waals surface area contributed by atoms with Crippen LogP contribution in [0.4, 0.5) is 0 Å². The van der Waals surface area contributed by atoms with Crippen LogP contribution >= 0.6 is 0 Å². The maximum absolute atomic E-state index is 5.00. The topological polar surface area (TPSA) is 42.3 Å². The maximum Gasteiger partial charge on any atom is 0.122 e. The highest BCUT2D eigenvalue weighted by Gasteiger charge is 2.11. The summed E-state index contributed by atoms with van der Waals surface area (Å²) in [4.78, 5) is 6.62. The van der Waals surface area contributed by atoms with Gasteiger partial charge in [-0.25, -0.2) is 4.98 Å². The zero-order valence-corrected chi connectivity index (χ0v) is 11.3. The first-order valence-corrected chi connectivity index (χ1v) is 6.01. The third kappa shape index (κ3) is 4.85. The number of methoxy groups -OCH3 is 1. The molecule has 98 valence electrons. The second kappa shape index (κ2) is 7.42. The van der Waals surface area contributed by atoms with Gasteiger partial charge in [0.2, 0.25) is 0 Å². The summed E-state index contributed by atoms with van der Waals surface area (Å²) in [5.74, 6) is 1.09. The zero-order chi connectivity index (χ0) is 12.7. The fraction of sp³-hybridized carbons (Fsp3) is 0.750. The molecule has 0 fully saturated rings. The Bertz CT molecular complexity index is 313. The predicted octanol–water partition coefficient (Wildman–Crippen LogP) is 0.476. The summed E-state index contributed by atoms with van der Waals surface area (Å²) >= 11 is 0. The van der Waals surface area contributed by atoms with Crippen molar-refractivity contribution >= 4 is 0 Å². The van der Waals surface area contributed by atoms with Gasteiger partial charge in [0.05, 0.1) is 13.2 Å². The molecule has 1 rings (SSSR count). The van der Waals surface area contributed by atoms with Gasteiger partial charge in [-0.3, -0.25) is 4.90 Å². The summed E-state index contributed by atoms with van der Waals surface area (Å²) in [7, 11) is 5.87. The Morgan fingerprint density at radius 2 is 2.35 bits per heavy atom. The van der Waals surface area contributed by atoms with E-state index in [1.54, 1.807) is 7.11 Å². The third-order valence-electron chi connectivity index (χ3n) is 2.99. The van der Waals surface area contributed by atoms with Gasteiger partial charge in [-0.05, 0) is 14.0 Å². The van der Waals surface area contributed by atoms with Crippen LogP contribution in [0.5, 0.6) is 0 Å². The predicted molar refractivity (Wildman–Crippen MR) is 68.9 cm³/mol. The molecule has 0 saturated carbocycles. The van der Waals surface area contributed by atoms with Gasteiger partial charge in [-0.1, -0.05) is 0 Å². The normalized spacial score (nSPS) is 13.2. The lowest BCUT2D eigenvalue weighted by atomic mass is 10.3. The largest absolute Gasteiger partial charge is 0.383 e. The lowest BCUT2D eigenvalue weighted by Crippen LogP contribution is -2.38. The average molecular weight is 240 g/mol. The minimum atomic E-state index is 0.476. The maximum atomic E-state index is 5.00. The SMILES string of the molecule is COCCNCC(C)N(C)Cc1nccn1C.